The van der Waals surface area contributed by atoms with Crippen LogP contribution in [0.3, 0.4) is 0 Å². The first-order chi connectivity index (χ1) is 13.1. The zero-order valence-corrected chi connectivity index (χ0v) is 14.9. The summed E-state index contributed by atoms with van der Waals surface area (Å²) in [6.07, 6.45) is -4.39. The van der Waals surface area contributed by atoms with E-state index in [-0.39, 0.29) is 37.5 Å². The van der Waals surface area contributed by atoms with Crippen molar-refractivity contribution in [3.63, 3.8) is 0 Å². The molecule has 11 heteroatoms. The fourth-order valence-corrected chi connectivity index (χ4v) is 2.43. The Morgan fingerprint density at radius 3 is 2.36 bits per heavy atom. The summed E-state index contributed by atoms with van der Waals surface area (Å²) in [5.74, 6) is -1.76. The molecule has 28 heavy (non-hydrogen) atoms. The summed E-state index contributed by atoms with van der Waals surface area (Å²) in [5, 5.41) is 2.31. The Balaban J connectivity index is 1.69. The van der Waals surface area contributed by atoms with E-state index in [1.54, 1.807) is 0 Å². The zero-order valence-electron chi connectivity index (χ0n) is 14.9. The van der Waals surface area contributed by atoms with Crippen molar-refractivity contribution < 1.29 is 37.1 Å². The summed E-state index contributed by atoms with van der Waals surface area (Å²) in [6, 6.07) is 3.38. The topological polar surface area (TPSA) is 96.0 Å². The van der Waals surface area contributed by atoms with Crippen LogP contribution in [-0.4, -0.2) is 60.4 Å². The van der Waals surface area contributed by atoms with Gasteiger partial charge in [-0.2, -0.15) is 13.2 Å². The molecule has 0 spiro atoms. The number of alkyl halides is 3. The number of esters is 1. The molecule has 4 amide bonds. The van der Waals surface area contributed by atoms with Crippen LogP contribution in [-0.2, 0) is 25.3 Å². The fraction of sp³-hybridized carbons (Fsp3) is 0.412. The SMILES string of the molecule is CN1CC(=O)N(CCCC(=O)OCC(=O)Nc2ccc(C(F)(F)F)cc2)C1=O. The summed E-state index contributed by atoms with van der Waals surface area (Å²) in [5.41, 5.74) is -0.720. The number of benzene rings is 1. The van der Waals surface area contributed by atoms with Crippen molar-refractivity contribution in [1.29, 1.82) is 0 Å². The number of carbonyl (C=O) groups excluding carboxylic acids is 4. The van der Waals surface area contributed by atoms with E-state index in [9.17, 15) is 32.3 Å². The van der Waals surface area contributed by atoms with Crippen LogP contribution in [0.5, 0.6) is 0 Å². The number of carbonyl (C=O) groups is 4. The van der Waals surface area contributed by atoms with E-state index in [1.165, 1.54) is 11.9 Å². The lowest BCUT2D eigenvalue weighted by Crippen LogP contribution is -2.32. The van der Waals surface area contributed by atoms with Gasteiger partial charge in [0.1, 0.15) is 6.54 Å². The summed E-state index contributed by atoms with van der Waals surface area (Å²) in [7, 11) is 1.49. The van der Waals surface area contributed by atoms with Gasteiger partial charge in [-0.3, -0.25) is 19.3 Å². The number of hydrogen-bond donors (Lipinski definition) is 1. The second kappa shape index (κ2) is 8.72. The molecule has 0 aromatic heterocycles. The molecule has 0 bridgehead atoms. The Labute approximate surface area is 158 Å². The van der Waals surface area contributed by atoms with Crippen molar-refractivity contribution in [2.75, 3.05) is 32.1 Å². The Bertz CT molecular complexity index is 764. The minimum absolute atomic E-state index is 0.00655. The van der Waals surface area contributed by atoms with E-state index in [4.69, 9.17) is 4.74 Å². The van der Waals surface area contributed by atoms with Crippen molar-refractivity contribution in [3.05, 3.63) is 29.8 Å². The van der Waals surface area contributed by atoms with Crippen LogP contribution in [0.1, 0.15) is 18.4 Å². The molecule has 1 aliphatic heterocycles. The number of nitrogens with one attached hydrogen (secondary N) is 1. The average Bonchev–Trinajstić information content (AvgIpc) is 2.85. The lowest BCUT2D eigenvalue weighted by atomic mass is 10.2. The largest absolute Gasteiger partial charge is 0.456 e. The van der Waals surface area contributed by atoms with Gasteiger partial charge in [0.25, 0.3) is 5.91 Å². The van der Waals surface area contributed by atoms with Crippen molar-refractivity contribution in [2.24, 2.45) is 0 Å². The number of rotatable bonds is 7. The summed E-state index contributed by atoms with van der Waals surface area (Å²) >= 11 is 0. The molecule has 1 aromatic rings. The second-order valence-electron chi connectivity index (χ2n) is 6.07. The number of amides is 4. The predicted molar refractivity (Wildman–Crippen MR) is 90.0 cm³/mol. The Kier molecular flexibility index (Phi) is 6.60. The molecule has 2 rings (SSSR count). The lowest BCUT2D eigenvalue weighted by molar-refractivity contribution is -0.147. The summed E-state index contributed by atoms with van der Waals surface area (Å²) < 4.78 is 42.2. The second-order valence-corrected chi connectivity index (χ2v) is 6.07. The highest BCUT2D eigenvalue weighted by Crippen LogP contribution is 2.29. The molecule has 1 aliphatic rings. The van der Waals surface area contributed by atoms with E-state index < -0.39 is 36.3 Å². The van der Waals surface area contributed by atoms with E-state index in [1.807, 2.05) is 0 Å². The van der Waals surface area contributed by atoms with Gasteiger partial charge in [0, 0.05) is 25.7 Å². The van der Waals surface area contributed by atoms with E-state index in [0.29, 0.717) is 0 Å². The molecular formula is C17H18F3N3O5. The van der Waals surface area contributed by atoms with Crippen LogP contribution >= 0.6 is 0 Å². The third kappa shape index (κ3) is 5.69. The van der Waals surface area contributed by atoms with Crippen LogP contribution in [0.25, 0.3) is 0 Å². The maximum atomic E-state index is 12.5. The molecule has 1 N–H and O–H groups in total. The molecule has 8 nitrogen and oxygen atoms in total. The molecule has 0 radical (unpaired) electrons. The zero-order chi connectivity index (χ0) is 20.9. The van der Waals surface area contributed by atoms with Gasteiger partial charge in [-0.05, 0) is 30.7 Å². The lowest BCUT2D eigenvalue weighted by Gasteiger charge is -2.13. The quantitative estimate of drug-likeness (QED) is 0.556. The number of nitrogens with zero attached hydrogens (tertiary/aromatic N) is 2. The number of ether oxygens (including phenoxy) is 1. The van der Waals surface area contributed by atoms with Crippen molar-refractivity contribution in [3.8, 4) is 0 Å². The smallest absolute Gasteiger partial charge is 0.416 e. The molecule has 1 saturated heterocycles. The van der Waals surface area contributed by atoms with Crippen LogP contribution in [0, 0.1) is 0 Å². The van der Waals surface area contributed by atoms with Crippen molar-refractivity contribution in [2.45, 2.75) is 19.0 Å². The third-order valence-corrected chi connectivity index (χ3v) is 3.85. The van der Waals surface area contributed by atoms with Crippen molar-refractivity contribution in [1.82, 2.24) is 9.80 Å². The first-order valence-corrected chi connectivity index (χ1v) is 8.26. The van der Waals surface area contributed by atoms with Crippen LogP contribution in [0.4, 0.5) is 23.7 Å². The maximum absolute atomic E-state index is 12.5. The standard InChI is InChI=1S/C17H18F3N3O5/c1-22-9-14(25)23(16(22)27)8-2-3-15(26)28-10-13(24)21-12-6-4-11(5-7-12)17(18,19)20/h4-7H,2-3,8-10H2,1H3,(H,21,24). The van der Waals surface area contributed by atoms with Gasteiger partial charge < -0.3 is 15.0 Å². The van der Waals surface area contributed by atoms with Gasteiger partial charge in [-0.25, -0.2) is 4.79 Å². The maximum Gasteiger partial charge on any atom is 0.416 e. The minimum atomic E-state index is -4.47. The molecule has 1 fully saturated rings. The average molecular weight is 401 g/mol. The molecule has 152 valence electrons. The first-order valence-electron chi connectivity index (χ1n) is 8.26. The Hall–Kier alpha value is -3.11. The van der Waals surface area contributed by atoms with E-state index in [2.05, 4.69) is 5.32 Å². The highest BCUT2D eigenvalue weighted by Gasteiger charge is 2.33. The summed E-state index contributed by atoms with van der Waals surface area (Å²) in [4.78, 5) is 48.8. The highest BCUT2D eigenvalue weighted by molar-refractivity contribution is 6.01. The Morgan fingerprint density at radius 2 is 1.82 bits per heavy atom. The van der Waals surface area contributed by atoms with Crippen LogP contribution in [0.2, 0.25) is 0 Å². The van der Waals surface area contributed by atoms with Gasteiger partial charge in [0.05, 0.1) is 5.56 Å². The molecule has 1 aromatic carbocycles. The van der Waals surface area contributed by atoms with Crippen molar-refractivity contribution >= 4 is 29.5 Å². The van der Waals surface area contributed by atoms with E-state index in [0.717, 1.165) is 29.2 Å². The van der Waals surface area contributed by atoms with Gasteiger partial charge >= 0.3 is 18.2 Å². The van der Waals surface area contributed by atoms with Gasteiger partial charge in [-0.15, -0.1) is 0 Å². The van der Waals surface area contributed by atoms with E-state index >= 15 is 0 Å². The molecular weight excluding hydrogens is 383 g/mol. The third-order valence-electron chi connectivity index (χ3n) is 3.85. The van der Waals surface area contributed by atoms with Crippen LogP contribution in [0.15, 0.2) is 24.3 Å². The predicted octanol–water partition coefficient (Wildman–Crippen LogP) is 1.86. The molecule has 1 heterocycles. The fourth-order valence-electron chi connectivity index (χ4n) is 2.43. The monoisotopic (exact) mass is 401 g/mol. The van der Waals surface area contributed by atoms with Crippen LogP contribution < -0.4 is 5.32 Å². The van der Waals surface area contributed by atoms with Gasteiger partial charge in [-0.1, -0.05) is 0 Å². The molecule has 0 unspecified atom stereocenters. The Morgan fingerprint density at radius 1 is 1.18 bits per heavy atom. The number of halogens is 3. The number of likely N-dealkylation sites (N-methyl/N-ethyl adjacent to an activating group) is 1. The summed E-state index contributed by atoms with van der Waals surface area (Å²) in [6.45, 7) is -0.549. The number of anilines is 1. The van der Waals surface area contributed by atoms with Gasteiger partial charge in [0.2, 0.25) is 5.91 Å². The normalized spacial score (nSPS) is 14.4. The molecule has 0 aliphatic carbocycles. The minimum Gasteiger partial charge on any atom is -0.456 e. The first kappa shape index (κ1) is 21.2. The molecule has 0 atom stereocenters. The number of urea groups is 1. The van der Waals surface area contributed by atoms with Gasteiger partial charge in [0.15, 0.2) is 6.61 Å². The highest BCUT2D eigenvalue weighted by atomic mass is 19.4. The molecule has 0 saturated carbocycles. The number of imide groups is 1. The number of hydrogen-bond acceptors (Lipinski definition) is 5.